The van der Waals surface area contributed by atoms with Crippen LogP contribution in [0.3, 0.4) is 0 Å². The molecule has 0 radical (unpaired) electrons. The maximum Gasteiger partial charge on any atom is 0.345 e. The Bertz CT molecular complexity index is 959. The first-order valence-electron chi connectivity index (χ1n) is 6.82. The second-order valence-electron chi connectivity index (χ2n) is 5.10. The zero-order valence-corrected chi connectivity index (χ0v) is 14.8. The van der Waals surface area contributed by atoms with Crippen molar-refractivity contribution in [3.63, 3.8) is 0 Å². The molecule has 0 saturated carbocycles. The number of aliphatic imine (C=N–C) groups is 1. The molecule has 2 N–H and O–H groups in total. The highest BCUT2D eigenvalue weighted by atomic mass is 79.9. The number of aromatic nitrogens is 2. The Balaban J connectivity index is 2.28. The van der Waals surface area contributed by atoms with E-state index >= 15 is 0 Å². The van der Waals surface area contributed by atoms with Gasteiger partial charge in [0.2, 0.25) is 5.88 Å². The summed E-state index contributed by atoms with van der Waals surface area (Å²) in [6.07, 6.45) is 0.929. The highest BCUT2D eigenvalue weighted by Crippen LogP contribution is 2.20. The monoisotopic (exact) mass is 394 g/mol. The van der Waals surface area contributed by atoms with Crippen LogP contribution in [0.2, 0.25) is 0 Å². The molecule has 126 valence electrons. The van der Waals surface area contributed by atoms with Gasteiger partial charge in [-0.2, -0.15) is 0 Å². The van der Waals surface area contributed by atoms with Crippen molar-refractivity contribution < 1.29 is 9.90 Å². The molecule has 0 bridgehead atoms. The van der Waals surface area contributed by atoms with Crippen LogP contribution in [0.25, 0.3) is 0 Å². The molecule has 1 aromatic carbocycles. The van der Waals surface area contributed by atoms with Crippen LogP contribution in [-0.2, 0) is 14.1 Å². The van der Waals surface area contributed by atoms with Crippen LogP contribution >= 0.6 is 15.9 Å². The molecule has 0 aliphatic carbocycles. The molecule has 0 aliphatic rings. The van der Waals surface area contributed by atoms with Crippen LogP contribution in [0.15, 0.2) is 37.3 Å². The normalized spacial score (nSPS) is 11.0. The summed E-state index contributed by atoms with van der Waals surface area (Å²) in [7, 11) is 2.57. The van der Waals surface area contributed by atoms with Crippen molar-refractivity contribution in [2.24, 2.45) is 19.1 Å². The number of hydrogen-bond acceptors (Lipinski definition) is 4. The summed E-state index contributed by atoms with van der Waals surface area (Å²) in [6, 6.07) is 4.50. The Morgan fingerprint density at radius 2 is 1.96 bits per heavy atom. The number of nitrogens with zero attached hydrogens (tertiary/aromatic N) is 3. The third-order valence-electron chi connectivity index (χ3n) is 3.39. The fourth-order valence-corrected chi connectivity index (χ4v) is 2.22. The van der Waals surface area contributed by atoms with Gasteiger partial charge in [-0.15, -0.1) is 0 Å². The van der Waals surface area contributed by atoms with Gasteiger partial charge in [0.1, 0.15) is 5.56 Å². The second kappa shape index (κ2) is 6.83. The van der Waals surface area contributed by atoms with Crippen LogP contribution in [0.1, 0.15) is 11.1 Å². The van der Waals surface area contributed by atoms with E-state index in [1.807, 2.05) is 6.92 Å². The van der Waals surface area contributed by atoms with Crippen LogP contribution in [0.4, 0.5) is 10.5 Å². The summed E-state index contributed by atoms with van der Waals surface area (Å²) in [5.41, 5.74) is -0.199. The van der Waals surface area contributed by atoms with Gasteiger partial charge in [0.25, 0.3) is 5.56 Å². The average Bonchev–Trinajstić information content (AvgIpc) is 2.54. The van der Waals surface area contributed by atoms with E-state index in [4.69, 9.17) is 0 Å². The number of carbonyl (C=O) groups is 1. The molecular formula is C15H15BrN4O4. The molecular weight excluding hydrogens is 380 g/mol. The first-order valence-corrected chi connectivity index (χ1v) is 7.62. The van der Waals surface area contributed by atoms with Gasteiger partial charge in [-0.1, -0.05) is 15.9 Å². The Labute approximate surface area is 145 Å². The predicted molar refractivity (Wildman–Crippen MR) is 94.1 cm³/mol. The fourth-order valence-electron chi connectivity index (χ4n) is 1.97. The number of amides is 2. The summed E-state index contributed by atoms with van der Waals surface area (Å²) in [4.78, 5) is 39.1. The first-order chi connectivity index (χ1) is 11.2. The topological polar surface area (TPSA) is 106 Å². The number of nitrogens with one attached hydrogen (secondary N) is 1. The number of anilines is 1. The van der Waals surface area contributed by atoms with Gasteiger partial charge in [-0.3, -0.25) is 13.9 Å². The zero-order valence-electron chi connectivity index (χ0n) is 13.2. The zero-order chi connectivity index (χ0) is 18.0. The Hall–Kier alpha value is -2.68. The van der Waals surface area contributed by atoms with Gasteiger partial charge >= 0.3 is 11.7 Å². The first kappa shape index (κ1) is 17.7. The summed E-state index contributed by atoms with van der Waals surface area (Å²) in [5, 5.41) is 12.4. The number of rotatable bonds is 2. The quantitative estimate of drug-likeness (QED) is 0.752. The van der Waals surface area contributed by atoms with Gasteiger partial charge in [0, 0.05) is 24.3 Å². The SMILES string of the molecule is Cc1cc(NC(=O)N=Cc2c(O)n(C)c(=O)n(C)c2=O)ccc1Br. The van der Waals surface area contributed by atoms with Gasteiger partial charge in [-0.05, 0) is 30.7 Å². The molecule has 0 saturated heterocycles. The van der Waals surface area contributed by atoms with Crippen molar-refractivity contribution in [1.29, 1.82) is 0 Å². The predicted octanol–water partition coefficient (Wildman–Crippen LogP) is 1.51. The van der Waals surface area contributed by atoms with E-state index in [2.05, 4.69) is 26.2 Å². The Kier molecular flexibility index (Phi) is 5.03. The molecule has 1 heterocycles. The number of aryl methyl sites for hydroxylation is 1. The molecule has 24 heavy (non-hydrogen) atoms. The van der Waals surface area contributed by atoms with Crippen LogP contribution < -0.4 is 16.6 Å². The lowest BCUT2D eigenvalue weighted by atomic mass is 10.2. The van der Waals surface area contributed by atoms with E-state index < -0.39 is 23.2 Å². The lowest BCUT2D eigenvalue weighted by Crippen LogP contribution is -2.38. The molecule has 9 heteroatoms. The summed E-state index contributed by atoms with van der Waals surface area (Å²) in [6.45, 7) is 1.87. The molecule has 0 unspecified atom stereocenters. The molecule has 0 atom stereocenters. The molecule has 0 aliphatic heterocycles. The van der Waals surface area contributed by atoms with Crippen molar-refractivity contribution in [2.45, 2.75) is 6.92 Å². The maximum absolute atomic E-state index is 12.0. The maximum atomic E-state index is 12.0. The average molecular weight is 395 g/mol. The molecule has 0 fully saturated rings. The van der Waals surface area contributed by atoms with E-state index in [1.54, 1.807) is 18.2 Å². The third-order valence-corrected chi connectivity index (χ3v) is 4.28. The number of urea groups is 1. The lowest BCUT2D eigenvalue weighted by molar-refractivity contribution is 0.259. The largest absolute Gasteiger partial charge is 0.494 e. The molecule has 2 aromatic rings. The molecule has 8 nitrogen and oxygen atoms in total. The molecule has 2 rings (SSSR count). The van der Waals surface area contributed by atoms with Crippen molar-refractivity contribution in [1.82, 2.24) is 9.13 Å². The minimum Gasteiger partial charge on any atom is -0.494 e. The van der Waals surface area contributed by atoms with Gasteiger partial charge < -0.3 is 10.4 Å². The summed E-state index contributed by atoms with van der Waals surface area (Å²) in [5.74, 6) is -0.556. The third kappa shape index (κ3) is 3.46. The highest BCUT2D eigenvalue weighted by Gasteiger charge is 2.13. The van der Waals surface area contributed by atoms with Crippen LogP contribution in [0, 0.1) is 6.92 Å². The fraction of sp³-hybridized carbons (Fsp3) is 0.200. The number of benzene rings is 1. The van der Waals surface area contributed by atoms with E-state index in [9.17, 15) is 19.5 Å². The second-order valence-corrected chi connectivity index (χ2v) is 5.95. The minimum absolute atomic E-state index is 0.248. The van der Waals surface area contributed by atoms with Crippen molar-refractivity contribution in [3.05, 3.63) is 54.6 Å². The van der Waals surface area contributed by atoms with Crippen molar-refractivity contribution in [3.8, 4) is 5.88 Å². The van der Waals surface area contributed by atoms with Gasteiger partial charge in [0.15, 0.2) is 0 Å². The highest BCUT2D eigenvalue weighted by molar-refractivity contribution is 9.10. The summed E-state index contributed by atoms with van der Waals surface area (Å²) >= 11 is 3.36. The molecule has 1 aromatic heterocycles. The van der Waals surface area contributed by atoms with Gasteiger partial charge in [-0.25, -0.2) is 14.6 Å². The van der Waals surface area contributed by atoms with Crippen LogP contribution in [-0.4, -0.2) is 26.5 Å². The van der Waals surface area contributed by atoms with E-state index in [0.717, 1.165) is 25.4 Å². The van der Waals surface area contributed by atoms with E-state index in [0.29, 0.717) is 5.69 Å². The van der Waals surface area contributed by atoms with Crippen LogP contribution in [0.5, 0.6) is 5.88 Å². The van der Waals surface area contributed by atoms with E-state index in [-0.39, 0.29) is 5.56 Å². The summed E-state index contributed by atoms with van der Waals surface area (Å²) < 4.78 is 2.61. The van der Waals surface area contributed by atoms with Gasteiger partial charge in [0.05, 0.1) is 6.21 Å². The Morgan fingerprint density at radius 3 is 2.58 bits per heavy atom. The van der Waals surface area contributed by atoms with Crippen molar-refractivity contribution >= 4 is 33.9 Å². The molecule has 0 spiro atoms. The van der Waals surface area contributed by atoms with Crippen molar-refractivity contribution in [2.75, 3.05) is 5.32 Å². The number of carbonyl (C=O) groups excluding carboxylic acids is 1. The smallest absolute Gasteiger partial charge is 0.345 e. The Morgan fingerprint density at radius 1 is 1.29 bits per heavy atom. The minimum atomic E-state index is -0.744. The number of hydrogen-bond donors (Lipinski definition) is 2. The number of halogens is 1. The number of aromatic hydroxyl groups is 1. The standard InChI is InChI=1S/C15H15BrN4O4/c1-8-6-9(4-5-11(8)16)18-14(23)17-7-10-12(21)19(2)15(24)20(3)13(10)22/h4-7,21H,1-3H3,(H,18,23). The molecule has 2 amide bonds. The lowest BCUT2D eigenvalue weighted by Gasteiger charge is -2.07. The van der Waals surface area contributed by atoms with E-state index in [1.165, 1.54) is 14.1 Å².